The molecule has 0 saturated heterocycles. The van der Waals surface area contributed by atoms with Crippen molar-refractivity contribution in [1.82, 2.24) is 4.90 Å². The molecule has 0 saturated carbocycles. The molecule has 0 spiro atoms. The number of hydrogen-bond donors (Lipinski definition) is 1. The molecule has 20 heavy (non-hydrogen) atoms. The van der Waals surface area contributed by atoms with Gasteiger partial charge in [-0.1, -0.05) is 17.7 Å². The minimum Gasteiger partial charge on any atom is -0.397 e. The van der Waals surface area contributed by atoms with Crippen molar-refractivity contribution in [1.29, 1.82) is 0 Å². The Morgan fingerprint density at radius 2 is 2.25 bits per heavy atom. The third-order valence-electron chi connectivity index (χ3n) is 3.62. The zero-order chi connectivity index (χ0) is 14.3. The minimum absolute atomic E-state index is 0.105. The van der Waals surface area contributed by atoms with E-state index in [9.17, 15) is 9.18 Å². The number of fused-ring (bicyclic) bond motifs is 1. The molecule has 2 aromatic rings. The Kier molecular flexibility index (Phi) is 3.22. The van der Waals surface area contributed by atoms with Gasteiger partial charge in [0.05, 0.1) is 11.1 Å². The second kappa shape index (κ2) is 4.90. The maximum Gasteiger partial charge on any atom is 0.266 e. The highest BCUT2D eigenvalue weighted by molar-refractivity contribution is 7.21. The number of thiophene rings is 1. The van der Waals surface area contributed by atoms with E-state index >= 15 is 0 Å². The first-order valence-electron chi connectivity index (χ1n) is 6.49. The standard InChI is InChI=1S/C15H15FN2OS/c1-9-5-7-18(8-6-9)15(19)14-13(17)12-10(16)3-2-4-11(12)20-14/h2-5H,6-8,17H2,1H3. The first-order chi connectivity index (χ1) is 9.58. The average Bonchev–Trinajstić information content (AvgIpc) is 2.77. The van der Waals surface area contributed by atoms with E-state index < -0.39 is 0 Å². The van der Waals surface area contributed by atoms with Crippen molar-refractivity contribution in [2.75, 3.05) is 18.8 Å². The van der Waals surface area contributed by atoms with Crippen LogP contribution in [-0.2, 0) is 0 Å². The predicted molar refractivity (Wildman–Crippen MR) is 80.5 cm³/mol. The van der Waals surface area contributed by atoms with Gasteiger partial charge in [0.15, 0.2) is 0 Å². The Hall–Kier alpha value is -1.88. The highest BCUT2D eigenvalue weighted by atomic mass is 32.1. The third-order valence-corrected chi connectivity index (χ3v) is 4.78. The van der Waals surface area contributed by atoms with E-state index in [1.165, 1.54) is 23.0 Å². The van der Waals surface area contributed by atoms with Crippen LogP contribution in [0.3, 0.4) is 0 Å². The molecule has 2 heterocycles. The number of carbonyl (C=O) groups excluding carboxylic acids is 1. The van der Waals surface area contributed by atoms with Crippen molar-refractivity contribution < 1.29 is 9.18 Å². The van der Waals surface area contributed by atoms with Crippen LogP contribution in [0.1, 0.15) is 23.0 Å². The van der Waals surface area contributed by atoms with Crippen LogP contribution < -0.4 is 5.73 Å². The van der Waals surface area contributed by atoms with Crippen molar-refractivity contribution in [3.05, 3.63) is 40.5 Å². The van der Waals surface area contributed by atoms with E-state index in [0.717, 1.165) is 11.1 Å². The summed E-state index contributed by atoms with van der Waals surface area (Å²) in [6, 6.07) is 4.79. The number of carbonyl (C=O) groups is 1. The minimum atomic E-state index is -0.371. The van der Waals surface area contributed by atoms with Crippen LogP contribution in [0.25, 0.3) is 10.1 Å². The van der Waals surface area contributed by atoms with E-state index in [1.807, 2.05) is 6.08 Å². The van der Waals surface area contributed by atoms with Crippen molar-refractivity contribution in [3.8, 4) is 0 Å². The molecular weight excluding hydrogens is 275 g/mol. The fraction of sp³-hybridized carbons (Fsp3) is 0.267. The smallest absolute Gasteiger partial charge is 0.266 e. The fourth-order valence-corrected chi connectivity index (χ4v) is 3.49. The second-order valence-corrected chi connectivity index (χ2v) is 6.06. The molecule has 1 aliphatic heterocycles. The number of nitrogens with zero attached hydrogens (tertiary/aromatic N) is 1. The quantitative estimate of drug-likeness (QED) is 0.818. The van der Waals surface area contributed by atoms with Crippen LogP contribution in [-0.4, -0.2) is 23.9 Å². The van der Waals surface area contributed by atoms with E-state index in [4.69, 9.17) is 5.73 Å². The van der Waals surface area contributed by atoms with Gasteiger partial charge in [0, 0.05) is 17.8 Å². The number of nitrogen functional groups attached to an aromatic ring is 1. The van der Waals surface area contributed by atoms with Gasteiger partial charge in [-0.05, 0) is 25.5 Å². The predicted octanol–water partition coefficient (Wildman–Crippen LogP) is 3.41. The van der Waals surface area contributed by atoms with Gasteiger partial charge in [0.25, 0.3) is 5.91 Å². The zero-order valence-electron chi connectivity index (χ0n) is 11.1. The van der Waals surface area contributed by atoms with E-state index in [0.29, 0.717) is 23.4 Å². The summed E-state index contributed by atoms with van der Waals surface area (Å²) in [4.78, 5) is 14.7. The number of halogens is 1. The SMILES string of the molecule is CC1=CCN(C(=O)c2sc3cccc(F)c3c2N)CC1. The topological polar surface area (TPSA) is 46.3 Å². The zero-order valence-corrected chi connectivity index (χ0v) is 12.0. The number of nitrogens with two attached hydrogens (primary N) is 1. The summed E-state index contributed by atoms with van der Waals surface area (Å²) in [7, 11) is 0. The van der Waals surface area contributed by atoms with E-state index in [2.05, 4.69) is 6.92 Å². The lowest BCUT2D eigenvalue weighted by Gasteiger charge is -2.25. The van der Waals surface area contributed by atoms with E-state index in [-0.39, 0.29) is 17.4 Å². The number of hydrogen-bond acceptors (Lipinski definition) is 3. The van der Waals surface area contributed by atoms with Gasteiger partial charge in [-0.3, -0.25) is 4.79 Å². The fourth-order valence-electron chi connectivity index (χ4n) is 2.39. The third kappa shape index (κ3) is 2.08. The first-order valence-corrected chi connectivity index (χ1v) is 7.31. The van der Waals surface area contributed by atoms with Gasteiger partial charge in [-0.25, -0.2) is 4.39 Å². The molecule has 3 rings (SSSR count). The summed E-state index contributed by atoms with van der Waals surface area (Å²) >= 11 is 1.26. The van der Waals surface area contributed by atoms with Crippen LogP contribution >= 0.6 is 11.3 Å². The normalized spacial score (nSPS) is 15.5. The molecule has 1 aromatic carbocycles. The largest absolute Gasteiger partial charge is 0.397 e. The first kappa shape index (κ1) is 13.1. The maximum absolute atomic E-state index is 13.8. The van der Waals surface area contributed by atoms with E-state index in [1.54, 1.807) is 17.0 Å². The molecule has 0 unspecified atom stereocenters. The molecule has 2 N–H and O–H groups in total. The lowest BCUT2D eigenvalue weighted by atomic mass is 10.1. The van der Waals surface area contributed by atoms with Gasteiger partial charge in [0.2, 0.25) is 0 Å². The molecule has 1 aliphatic rings. The van der Waals surface area contributed by atoms with Crippen LogP contribution in [0.15, 0.2) is 29.8 Å². The van der Waals surface area contributed by atoms with Crippen LogP contribution in [0, 0.1) is 5.82 Å². The summed E-state index contributed by atoms with van der Waals surface area (Å²) in [6.07, 6.45) is 2.93. The van der Waals surface area contributed by atoms with Crippen molar-refractivity contribution >= 4 is 33.0 Å². The highest BCUT2D eigenvalue weighted by Gasteiger charge is 2.24. The molecular formula is C15H15FN2OS. The second-order valence-electron chi connectivity index (χ2n) is 5.01. The summed E-state index contributed by atoms with van der Waals surface area (Å²) < 4.78 is 14.5. The number of rotatable bonds is 1. The molecule has 3 nitrogen and oxygen atoms in total. The Bertz CT molecular complexity index is 720. The highest BCUT2D eigenvalue weighted by Crippen LogP contribution is 2.36. The molecule has 1 amide bonds. The molecule has 1 aromatic heterocycles. The van der Waals surface area contributed by atoms with Crippen molar-refractivity contribution in [2.45, 2.75) is 13.3 Å². The number of anilines is 1. The molecule has 0 atom stereocenters. The Labute approximate surface area is 120 Å². The monoisotopic (exact) mass is 290 g/mol. The lowest BCUT2D eigenvalue weighted by Crippen LogP contribution is -2.34. The summed E-state index contributed by atoms with van der Waals surface area (Å²) in [5, 5.41) is 0.365. The van der Waals surface area contributed by atoms with Gasteiger partial charge >= 0.3 is 0 Å². The van der Waals surface area contributed by atoms with Crippen LogP contribution in [0.4, 0.5) is 10.1 Å². The summed E-state index contributed by atoms with van der Waals surface area (Å²) in [6.45, 7) is 3.35. The Morgan fingerprint density at radius 3 is 2.90 bits per heavy atom. The van der Waals surface area contributed by atoms with Crippen molar-refractivity contribution in [2.24, 2.45) is 0 Å². The summed E-state index contributed by atoms with van der Waals surface area (Å²) in [5.41, 5.74) is 7.54. The Balaban J connectivity index is 2.00. The number of amides is 1. The lowest BCUT2D eigenvalue weighted by molar-refractivity contribution is 0.0775. The van der Waals surface area contributed by atoms with Crippen molar-refractivity contribution in [3.63, 3.8) is 0 Å². The molecule has 0 bridgehead atoms. The van der Waals surface area contributed by atoms with Gasteiger partial charge in [0.1, 0.15) is 10.7 Å². The molecule has 0 fully saturated rings. The van der Waals surface area contributed by atoms with Crippen LogP contribution in [0.5, 0.6) is 0 Å². The van der Waals surface area contributed by atoms with Crippen LogP contribution in [0.2, 0.25) is 0 Å². The van der Waals surface area contributed by atoms with Gasteiger partial charge < -0.3 is 10.6 Å². The molecule has 5 heteroatoms. The summed E-state index contributed by atoms with van der Waals surface area (Å²) in [5.74, 6) is -0.475. The van der Waals surface area contributed by atoms with Gasteiger partial charge in [-0.15, -0.1) is 11.3 Å². The Morgan fingerprint density at radius 1 is 1.45 bits per heavy atom. The maximum atomic E-state index is 13.8. The van der Waals surface area contributed by atoms with Gasteiger partial charge in [-0.2, -0.15) is 0 Å². The number of benzene rings is 1. The molecule has 0 aliphatic carbocycles. The molecule has 0 radical (unpaired) electrons. The molecule has 104 valence electrons. The average molecular weight is 290 g/mol.